The van der Waals surface area contributed by atoms with Gasteiger partial charge in [-0.25, -0.2) is 9.97 Å². The molecule has 4 aromatic rings. The zero-order valence-corrected chi connectivity index (χ0v) is 26.6. The normalized spacial score (nSPS) is 11.4. The molecule has 0 spiro atoms. The molecule has 5 amide bonds. The number of halogens is 3. The van der Waals surface area contributed by atoms with Crippen molar-refractivity contribution in [2.45, 2.75) is 25.6 Å². The second kappa shape index (κ2) is 16.0. The lowest BCUT2D eigenvalue weighted by atomic mass is 10.1. The van der Waals surface area contributed by atoms with Gasteiger partial charge in [0.25, 0.3) is 11.8 Å². The second-order valence-electron chi connectivity index (χ2n) is 10.6. The van der Waals surface area contributed by atoms with Crippen LogP contribution in [0.15, 0.2) is 91.8 Å². The summed E-state index contributed by atoms with van der Waals surface area (Å²) in [6.07, 6.45) is -1.22. The summed E-state index contributed by atoms with van der Waals surface area (Å²) in [6.45, 7) is 5.02. The Kier molecular flexibility index (Phi) is 11.6. The minimum absolute atomic E-state index is 0.151. The van der Waals surface area contributed by atoms with Crippen LogP contribution in [0.25, 0.3) is 0 Å². The summed E-state index contributed by atoms with van der Waals surface area (Å²) in [5.74, 6) is -2.88. The highest BCUT2D eigenvalue weighted by molar-refractivity contribution is 6.08. The fraction of sp³-hybridized carbons (Fsp3) is 0.147. The Morgan fingerprint density at radius 2 is 1.48 bits per heavy atom. The number of benzene rings is 3. The standard InChI is InChI=1S/C34H31F3N8O5/c1-4-28(46)45-27(16-29(47)38-3)32(50)42-22-9-6-10-23(14-22)44-33-39-17-25(18-40-33)43-31(49)26-15-24(12-11-19(26)2)41-30(48)20-7-5-8-21(13-20)34(35,36)37/h4-15,17-18,27H,1,16H2,2-3H3,(H,38,47)(H,41,48)(H,42,50)(H,43,49)(H,45,46)(H,39,40,44)/t27-/m0/s1. The van der Waals surface area contributed by atoms with E-state index in [9.17, 15) is 37.1 Å². The summed E-state index contributed by atoms with van der Waals surface area (Å²) in [6, 6.07) is 13.8. The number of hydrogen-bond donors (Lipinski definition) is 6. The van der Waals surface area contributed by atoms with Crippen LogP contribution in [-0.2, 0) is 20.6 Å². The van der Waals surface area contributed by atoms with Crippen molar-refractivity contribution in [2.24, 2.45) is 0 Å². The predicted octanol–water partition coefficient (Wildman–Crippen LogP) is 4.80. The molecule has 50 heavy (non-hydrogen) atoms. The van der Waals surface area contributed by atoms with Crippen molar-refractivity contribution in [3.05, 3.63) is 114 Å². The van der Waals surface area contributed by atoms with Crippen molar-refractivity contribution in [1.82, 2.24) is 20.6 Å². The van der Waals surface area contributed by atoms with Crippen molar-refractivity contribution in [3.63, 3.8) is 0 Å². The van der Waals surface area contributed by atoms with Gasteiger partial charge in [0.15, 0.2) is 0 Å². The van der Waals surface area contributed by atoms with Crippen LogP contribution in [0.2, 0.25) is 0 Å². The Balaban J connectivity index is 1.38. The highest BCUT2D eigenvalue weighted by atomic mass is 19.4. The first kappa shape index (κ1) is 36.3. The van der Waals surface area contributed by atoms with Gasteiger partial charge in [-0.05, 0) is 67.1 Å². The predicted molar refractivity (Wildman–Crippen MR) is 180 cm³/mol. The fourth-order valence-electron chi connectivity index (χ4n) is 4.40. The molecule has 0 aliphatic carbocycles. The molecule has 1 atom stereocenters. The lowest BCUT2D eigenvalue weighted by Crippen LogP contribution is -2.45. The monoisotopic (exact) mass is 688 g/mol. The molecular weight excluding hydrogens is 657 g/mol. The maximum absolute atomic E-state index is 13.1. The van der Waals surface area contributed by atoms with Crippen LogP contribution in [0.1, 0.15) is 38.3 Å². The fourth-order valence-corrected chi connectivity index (χ4v) is 4.40. The van der Waals surface area contributed by atoms with Gasteiger partial charge in [-0.2, -0.15) is 13.2 Å². The van der Waals surface area contributed by atoms with E-state index in [1.165, 1.54) is 37.6 Å². The molecule has 0 aliphatic heterocycles. The number of rotatable bonds is 12. The topological polar surface area (TPSA) is 183 Å². The van der Waals surface area contributed by atoms with Crippen LogP contribution in [0.3, 0.4) is 0 Å². The Labute approximate surface area is 283 Å². The van der Waals surface area contributed by atoms with E-state index in [1.54, 1.807) is 37.3 Å². The molecule has 1 heterocycles. The van der Waals surface area contributed by atoms with E-state index in [4.69, 9.17) is 0 Å². The molecule has 0 fully saturated rings. The Bertz CT molecular complexity index is 1930. The van der Waals surface area contributed by atoms with Gasteiger partial charge < -0.3 is 31.9 Å². The van der Waals surface area contributed by atoms with Gasteiger partial charge in [0.1, 0.15) is 6.04 Å². The van der Waals surface area contributed by atoms with Crippen LogP contribution in [0.4, 0.5) is 41.9 Å². The van der Waals surface area contributed by atoms with Gasteiger partial charge in [0, 0.05) is 35.2 Å². The molecule has 0 saturated carbocycles. The first-order valence-electron chi connectivity index (χ1n) is 14.8. The van der Waals surface area contributed by atoms with Crippen LogP contribution in [0.5, 0.6) is 0 Å². The lowest BCUT2D eigenvalue weighted by molar-refractivity contribution is -0.137. The zero-order valence-electron chi connectivity index (χ0n) is 26.6. The van der Waals surface area contributed by atoms with Gasteiger partial charge in [-0.3, -0.25) is 24.0 Å². The van der Waals surface area contributed by atoms with Gasteiger partial charge in [0.05, 0.1) is 30.1 Å². The minimum Gasteiger partial charge on any atom is -0.359 e. The third-order valence-electron chi connectivity index (χ3n) is 6.97. The summed E-state index contributed by atoms with van der Waals surface area (Å²) in [7, 11) is 1.41. The molecule has 0 bridgehead atoms. The van der Waals surface area contributed by atoms with Crippen LogP contribution in [-0.4, -0.2) is 52.6 Å². The average Bonchev–Trinajstić information content (AvgIpc) is 3.09. The number of alkyl halides is 3. The number of hydrogen-bond acceptors (Lipinski definition) is 8. The quantitative estimate of drug-likeness (QED) is 0.115. The summed E-state index contributed by atoms with van der Waals surface area (Å²) in [5.41, 5.74) is 0.859. The SMILES string of the molecule is C=CC(=O)N[C@@H](CC(=O)NC)C(=O)Nc1cccc(Nc2ncc(NC(=O)c3cc(NC(=O)c4cccc(C(F)(F)F)c4)ccc3C)cn2)c1. The van der Waals surface area contributed by atoms with E-state index in [2.05, 4.69) is 48.4 Å². The van der Waals surface area contributed by atoms with Crippen molar-refractivity contribution in [3.8, 4) is 0 Å². The van der Waals surface area contributed by atoms with Crippen LogP contribution >= 0.6 is 0 Å². The Hall–Kier alpha value is -6.58. The number of carbonyl (C=O) groups is 5. The maximum Gasteiger partial charge on any atom is 0.416 e. The van der Waals surface area contributed by atoms with E-state index in [0.717, 1.165) is 24.3 Å². The number of amides is 5. The number of nitrogens with zero attached hydrogens (tertiary/aromatic N) is 2. The summed E-state index contributed by atoms with van der Waals surface area (Å²) >= 11 is 0. The molecule has 0 aliphatic rings. The zero-order chi connectivity index (χ0) is 36.4. The number of anilines is 5. The van der Waals surface area contributed by atoms with E-state index in [-0.39, 0.29) is 34.9 Å². The van der Waals surface area contributed by atoms with Gasteiger partial charge in [-0.1, -0.05) is 24.8 Å². The largest absolute Gasteiger partial charge is 0.416 e. The molecule has 13 nitrogen and oxygen atoms in total. The molecule has 258 valence electrons. The number of nitrogens with one attached hydrogen (secondary N) is 6. The molecular formula is C34H31F3N8O5. The van der Waals surface area contributed by atoms with E-state index < -0.39 is 47.3 Å². The molecule has 4 rings (SSSR count). The highest BCUT2D eigenvalue weighted by Crippen LogP contribution is 2.30. The molecule has 0 unspecified atom stereocenters. The number of aryl methyl sites for hydroxylation is 1. The molecule has 16 heteroatoms. The maximum atomic E-state index is 13.1. The molecule has 0 radical (unpaired) electrons. The van der Waals surface area contributed by atoms with Gasteiger partial charge in [0.2, 0.25) is 23.7 Å². The van der Waals surface area contributed by atoms with Crippen LogP contribution < -0.4 is 31.9 Å². The molecule has 1 aromatic heterocycles. The first-order chi connectivity index (χ1) is 23.7. The third kappa shape index (κ3) is 9.96. The summed E-state index contributed by atoms with van der Waals surface area (Å²) in [5, 5.41) is 15.6. The summed E-state index contributed by atoms with van der Waals surface area (Å²) < 4.78 is 39.2. The molecule has 6 N–H and O–H groups in total. The Morgan fingerprint density at radius 3 is 2.16 bits per heavy atom. The van der Waals surface area contributed by atoms with Crippen LogP contribution in [0, 0.1) is 6.92 Å². The van der Waals surface area contributed by atoms with E-state index >= 15 is 0 Å². The van der Waals surface area contributed by atoms with Crippen molar-refractivity contribution in [1.29, 1.82) is 0 Å². The van der Waals surface area contributed by atoms with E-state index in [1.807, 2.05) is 0 Å². The first-order valence-corrected chi connectivity index (χ1v) is 14.8. The average molecular weight is 689 g/mol. The van der Waals surface area contributed by atoms with Gasteiger partial charge >= 0.3 is 6.18 Å². The van der Waals surface area contributed by atoms with Crippen molar-refractivity contribution < 1.29 is 37.1 Å². The van der Waals surface area contributed by atoms with Crippen molar-refractivity contribution in [2.75, 3.05) is 28.3 Å². The lowest BCUT2D eigenvalue weighted by Gasteiger charge is -2.17. The number of carbonyl (C=O) groups excluding carboxylic acids is 5. The number of aromatic nitrogens is 2. The molecule has 3 aromatic carbocycles. The minimum atomic E-state index is -4.61. The second-order valence-corrected chi connectivity index (χ2v) is 10.6. The summed E-state index contributed by atoms with van der Waals surface area (Å²) in [4.78, 5) is 70.6. The third-order valence-corrected chi connectivity index (χ3v) is 6.97. The van der Waals surface area contributed by atoms with E-state index in [0.29, 0.717) is 16.9 Å². The molecule has 0 saturated heterocycles. The Morgan fingerprint density at radius 1 is 0.820 bits per heavy atom. The van der Waals surface area contributed by atoms with Gasteiger partial charge in [-0.15, -0.1) is 0 Å². The highest BCUT2D eigenvalue weighted by Gasteiger charge is 2.31. The smallest absolute Gasteiger partial charge is 0.359 e. The van der Waals surface area contributed by atoms with Crippen molar-refractivity contribution >= 4 is 58.2 Å².